The van der Waals surface area contributed by atoms with E-state index in [2.05, 4.69) is 15.5 Å². The summed E-state index contributed by atoms with van der Waals surface area (Å²) in [5.41, 5.74) is 0.697. The van der Waals surface area contributed by atoms with Crippen molar-refractivity contribution >= 4 is 23.4 Å². The third-order valence-electron chi connectivity index (χ3n) is 3.22. The lowest BCUT2D eigenvalue weighted by Crippen LogP contribution is -2.22. The number of rotatable bonds is 7. The van der Waals surface area contributed by atoms with Crippen LogP contribution in [0.15, 0.2) is 56.7 Å². The first-order valence-corrected chi connectivity index (χ1v) is 8.61. The molecule has 3 rings (SSSR count). The number of carbonyl (C=O) groups excluding carboxylic acids is 1. The van der Waals surface area contributed by atoms with E-state index >= 15 is 0 Å². The van der Waals surface area contributed by atoms with Crippen molar-refractivity contribution in [3.8, 4) is 17.4 Å². The Labute approximate surface area is 148 Å². The lowest BCUT2D eigenvalue weighted by molar-refractivity contribution is -0.115. The fourth-order valence-corrected chi connectivity index (χ4v) is 2.69. The Kier molecular flexibility index (Phi) is 5.39. The summed E-state index contributed by atoms with van der Waals surface area (Å²) in [5, 5.41) is 10.6. The lowest BCUT2D eigenvalue weighted by Gasteiger charge is -2.10. The maximum absolute atomic E-state index is 12.3. The number of ether oxygens (including phenoxy) is 1. The molecule has 0 saturated carbocycles. The number of nitrogens with one attached hydrogen (secondary N) is 1. The number of benzene rings is 1. The van der Waals surface area contributed by atoms with Gasteiger partial charge in [0.05, 0.1) is 18.1 Å². The van der Waals surface area contributed by atoms with Crippen LogP contribution in [0.1, 0.15) is 13.8 Å². The van der Waals surface area contributed by atoms with Crippen molar-refractivity contribution in [2.75, 3.05) is 11.9 Å². The molecule has 1 atom stereocenters. The molecule has 25 heavy (non-hydrogen) atoms. The van der Waals surface area contributed by atoms with Gasteiger partial charge in [-0.15, -0.1) is 10.2 Å². The number of hydrogen-bond donors (Lipinski definition) is 1. The highest BCUT2D eigenvalue weighted by Crippen LogP contribution is 2.27. The molecule has 2 aromatic heterocycles. The number of amides is 1. The summed E-state index contributed by atoms with van der Waals surface area (Å²) in [5.74, 6) is 1.38. The topological polar surface area (TPSA) is 90.4 Å². The molecule has 1 amide bonds. The molecule has 130 valence electrons. The second-order valence-corrected chi connectivity index (χ2v) is 6.35. The Morgan fingerprint density at radius 1 is 1.28 bits per heavy atom. The van der Waals surface area contributed by atoms with Crippen LogP contribution in [0.3, 0.4) is 0 Å². The van der Waals surface area contributed by atoms with E-state index in [1.807, 2.05) is 19.1 Å². The quantitative estimate of drug-likeness (QED) is 0.641. The molecule has 0 aliphatic rings. The molecule has 0 radical (unpaired) electrons. The van der Waals surface area contributed by atoms with E-state index in [9.17, 15) is 4.79 Å². The predicted molar refractivity (Wildman–Crippen MR) is 93.6 cm³/mol. The maximum Gasteiger partial charge on any atom is 0.284 e. The van der Waals surface area contributed by atoms with Crippen molar-refractivity contribution in [3.05, 3.63) is 42.7 Å². The molecule has 0 aliphatic carbocycles. The first-order chi connectivity index (χ1) is 12.2. The smallest absolute Gasteiger partial charge is 0.284 e. The molecule has 0 bridgehead atoms. The maximum atomic E-state index is 12.3. The van der Waals surface area contributed by atoms with Crippen LogP contribution in [-0.2, 0) is 4.79 Å². The van der Waals surface area contributed by atoms with Crippen molar-refractivity contribution in [1.29, 1.82) is 0 Å². The summed E-state index contributed by atoms with van der Waals surface area (Å²) in [7, 11) is 0. The van der Waals surface area contributed by atoms with Gasteiger partial charge in [0, 0.05) is 5.69 Å². The Balaban J connectivity index is 1.57. The van der Waals surface area contributed by atoms with Gasteiger partial charge in [-0.25, -0.2) is 0 Å². The second-order valence-electron chi connectivity index (χ2n) is 5.06. The molecule has 0 spiro atoms. The average Bonchev–Trinajstić information content (AvgIpc) is 3.28. The van der Waals surface area contributed by atoms with Crippen LogP contribution in [0, 0.1) is 0 Å². The van der Waals surface area contributed by atoms with Gasteiger partial charge in [0.15, 0.2) is 5.76 Å². The molecule has 0 unspecified atom stereocenters. The van der Waals surface area contributed by atoms with E-state index in [1.54, 1.807) is 31.2 Å². The number of thioether (sulfide) groups is 1. The summed E-state index contributed by atoms with van der Waals surface area (Å²) >= 11 is 1.18. The third-order valence-corrected chi connectivity index (χ3v) is 4.15. The van der Waals surface area contributed by atoms with Crippen LogP contribution < -0.4 is 10.1 Å². The van der Waals surface area contributed by atoms with Gasteiger partial charge in [0.2, 0.25) is 5.91 Å². The molecule has 0 aliphatic heterocycles. The number of anilines is 1. The minimum atomic E-state index is -0.406. The van der Waals surface area contributed by atoms with Gasteiger partial charge in [-0.2, -0.15) is 0 Å². The first-order valence-electron chi connectivity index (χ1n) is 7.73. The highest BCUT2D eigenvalue weighted by atomic mass is 32.2. The molecule has 3 aromatic rings. The minimum Gasteiger partial charge on any atom is -0.494 e. The van der Waals surface area contributed by atoms with Crippen molar-refractivity contribution in [2.45, 2.75) is 24.3 Å². The fourth-order valence-electron chi connectivity index (χ4n) is 2.01. The van der Waals surface area contributed by atoms with E-state index in [0.717, 1.165) is 5.75 Å². The molecular formula is C17H17N3O4S. The second kappa shape index (κ2) is 7.89. The Morgan fingerprint density at radius 2 is 2.08 bits per heavy atom. The number of aromatic nitrogens is 2. The number of nitrogens with zero attached hydrogens (tertiary/aromatic N) is 2. The third kappa shape index (κ3) is 4.42. The zero-order valence-electron chi connectivity index (χ0n) is 13.8. The van der Waals surface area contributed by atoms with Crippen molar-refractivity contribution < 1.29 is 18.4 Å². The van der Waals surface area contributed by atoms with Crippen molar-refractivity contribution in [1.82, 2.24) is 10.2 Å². The molecule has 0 saturated heterocycles. The summed E-state index contributed by atoms with van der Waals surface area (Å²) in [6.07, 6.45) is 1.53. The molecule has 8 heteroatoms. The number of furan rings is 1. The summed E-state index contributed by atoms with van der Waals surface area (Å²) in [6, 6.07) is 10.7. The molecule has 7 nitrogen and oxygen atoms in total. The minimum absolute atomic E-state index is 0.160. The highest BCUT2D eigenvalue weighted by molar-refractivity contribution is 8.00. The summed E-state index contributed by atoms with van der Waals surface area (Å²) in [6.45, 7) is 4.29. The molecule has 0 fully saturated rings. The summed E-state index contributed by atoms with van der Waals surface area (Å²) in [4.78, 5) is 12.3. The van der Waals surface area contributed by atoms with Crippen molar-refractivity contribution in [3.63, 3.8) is 0 Å². The van der Waals surface area contributed by atoms with Gasteiger partial charge in [-0.05, 0) is 50.2 Å². The van der Waals surface area contributed by atoms with Crippen molar-refractivity contribution in [2.24, 2.45) is 0 Å². The summed E-state index contributed by atoms with van der Waals surface area (Å²) < 4.78 is 16.1. The SMILES string of the molecule is CCOc1ccc(NC(=O)[C@@H](C)Sc2nnc(-c3ccco3)o2)cc1. The Hall–Kier alpha value is -2.74. The van der Waals surface area contributed by atoms with E-state index in [-0.39, 0.29) is 11.8 Å². The van der Waals surface area contributed by atoms with E-state index in [4.69, 9.17) is 13.6 Å². The zero-order valence-corrected chi connectivity index (χ0v) is 14.6. The fraction of sp³-hybridized carbons (Fsp3) is 0.235. The molecular weight excluding hydrogens is 342 g/mol. The van der Waals surface area contributed by atoms with E-state index in [1.165, 1.54) is 18.0 Å². The van der Waals surface area contributed by atoms with Crippen LogP contribution >= 0.6 is 11.8 Å². The van der Waals surface area contributed by atoms with Gasteiger partial charge < -0.3 is 18.9 Å². The predicted octanol–water partition coefficient (Wildman–Crippen LogP) is 3.85. The van der Waals surface area contributed by atoms with Gasteiger partial charge in [0.25, 0.3) is 11.1 Å². The average molecular weight is 359 g/mol. The largest absolute Gasteiger partial charge is 0.494 e. The Morgan fingerprint density at radius 3 is 2.76 bits per heavy atom. The van der Waals surface area contributed by atoms with Gasteiger partial charge >= 0.3 is 0 Å². The number of hydrogen-bond acceptors (Lipinski definition) is 7. The van der Waals surface area contributed by atoms with E-state index in [0.29, 0.717) is 23.3 Å². The van der Waals surface area contributed by atoms with Crippen LogP contribution in [0.25, 0.3) is 11.7 Å². The van der Waals surface area contributed by atoms with Crippen LogP contribution in [-0.4, -0.2) is 28.0 Å². The number of carbonyl (C=O) groups is 1. The Bertz CT molecular complexity index is 815. The van der Waals surface area contributed by atoms with Crippen LogP contribution in [0.2, 0.25) is 0 Å². The van der Waals surface area contributed by atoms with Crippen LogP contribution in [0.4, 0.5) is 5.69 Å². The standard InChI is InChI=1S/C17H17N3O4S/c1-3-22-13-8-6-12(7-9-13)18-15(21)11(2)25-17-20-19-16(24-17)14-5-4-10-23-14/h4-11H,3H2,1-2H3,(H,18,21)/t11-/m1/s1. The molecule has 2 heterocycles. The van der Waals surface area contributed by atoms with Gasteiger partial charge in [-0.1, -0.05) is 11.8 Å². The van der Waals surface area contributed by atoms with Crippen LogP contribution in [0.5, 0.6) is 5.75 Å². The normalized spacial score (nSPS) is 11.9. The van der Waals surface area contributed by atoms with Gasteiger partial charge in [-0.3, -0.25) is 4.79 Å². The monoisotopic (exact) mass is 359 g/mol. The van der Waals surface area contributed by atoms with Gasteiger partial charge in [0.1, 0.15) is 5.75 Å². The first kappa shape index (κ1) is 17.1. The highest BCUT2D eigenvalue weighted by Gasteiger charge is 2.19. The zero-order chi connectivity index (χ0) is 17.6. The lowest BCUT2D eigenvalue weighted by atomic mass is 10.3. The molecule has 1 aromatic carbocycles. The molecule has 1 N–H and O–H groups in total. The van der Waals surface area contributed by atoms with E-state index < -0.39 is 5.25 Å².